The van der Waals surface area contributed by atoms with Gasteiger partial charge < -0.3 is 15.1 Å². The Morgan fingerprint density at radius 2 is 1.80 bits per heavy atom. The second-order valence-corrected chi connectivity index (χ2v) is 6.58. The second-order valence-electron chi connectivity index (χ2n) is 6.58. The summed E-state index contributed by atoms with van der Waals surface area (Å²) in [5.74, 6) is -0.823. The molecule has 0 spiro atoms. The fraction of sp³-hybridized carbons (Fsp3) is 0.500. The van der Waals surface area contributed by atoms with Crippen LogP contribution in [0.2, 0.25) is 0 Å². The van der Waals surface area contributed by atoms with Crippen LogP contribution >= 0.6 is 0 Å². The third kappa shape index (κ3) is 4.35. The molecule has 7 heteroatoms. The number of hydrogen-bond donors (Lipinski definition) is 1. The molecule has 1 aliphatic carbocycles. The Balaban J connectivity index is 1.39. The highest BCUT2D eigenvalue weighted by atomic mass is 19.1. The molecular formula is C18H22FN3O3. The van der Waals surface area contributed by atoms with Gasteiger partial charge in [0.1, 0.15) is 5.82 Å². The maximum atomic E-state index is 12.8. The van der Waals surface area contributed by atoms with E-state index in [1.165, 1.54) is 12.1 Å². The van der Waals surface area contributed by atoms with Crippen LogP contribution in [-0.4, -0.2) is 60.7 Å². The van der Waals surface area contributed by atoms with Crippen molar-refractivity contribution in [2.75, 3.05) is 32.7 Å². The van der Waals surface area contributed by atoms with Gasteiger partial charge in [-0.1, -0.05) is 12.1 Å². The number of nitrogens with one attached hydrogen (secondary N) is 1. The first-order chi connectivity index (χ1) is 12.1. The van der Waals surface area contributed by atoms with E-state index >= 15 is 0 Å². The van der Waals surface area contributed by atoms with Crippen LogP contribution in [0, 0.1) is 17.7 Å². The van der Waals surface area contributed by atoms with Crippen molar-refractivity contribution in [2.24, 2.45) is 11.8 Å². The number of rotatable bonds is 6. The summed E-state index contributed by atoms with van der Waals surface area (Å²) in [4.78, 5) is 38.6. The molecule has 0 bridgehead atoms. The Bertz CT molecular complexity index is 641. The van der Waals surface area contributed by atoms with E-state index in [1.807, 2.05) is 0 Å². The fourth-order valence-electron chi connectivity index (χ4n) is 3.15. The summed E-state index contributed by atoms with van der Waals surface area (Å²) in [5.41, 5.74) is 0.957. The highest BCUT2D eigenvalue weighted by molar-refractivity contribution is 5.92. The minimum Gasteiger partial charge on any atom is -0.356 e. The molecule has 1 aromatic rings. The van der Waals surface area contributed by atoms with Crippen molar-refractivity contribution >= 4 is 18.2 Å². The number of hydrogen-bond acceptors (Lipinski definition) is 3. The van der Waals surface area contributed by atoms with E-state index in [1.54, 1.807) is 21.9 Å². The monoisotopic (exact) mass is 347 g/mol. The zero-order valence-corrected chi connectivity index (χ0v) is 14.0. The largest absolute Gasteiger partial charge is 0.356 e. The molecule has 1 N–H and O–H groups in total. The fourth-order valence-corrected chi connectivity index (χ4v) is 3.15. The molecule has 25 heavy (non-hydrogen) atoms. The number of halogens is 1. The van der Waals surface area contributed by atoms with Gasteiger partial charge in [-0.05, 0) is 30.5 Å². The van der Waals surface area contributed by atoms with Crippen molar-refractivity contribution in [2.45, 2.75) is 12.8 Å². The molecule has 3 amide bonds. The van der Waals surface area contributed by atoms with Crippen LogP contribution in [0.25, 0.3) is 0 Å². The van der Waals surface area contributed by atoms with Crippen molar-refractivity contribution < 1.29 is 18.8 Å². The van der Waals surface area contributed by atoms with Crippen molar-refractivity contribution in [3.8, 4) is 0 Å². The van der Waals surface area contributed by atoms with Gasteiger partial charge in [0.2, 0.25) is 18.2 Å². The molecule has 1 saturated carbocycles. The van der Waals surface area contributed by atoms with E-state index in [-0.39, 0.29) is 29.5 Å². The lowest BCUT2D eigenvalue weighted by molar-refractivity contribution is -0.137. The molecule has 0 aromatic heterocycles. The van der Waals surface area contributed by atoms with E-state index in [2.05, 4.69) is 5.32 Å². The molecular weight excluding hydrogens is 325 g/mol. The number of amides is 3. The maximum absolute atomic E-state index is 12.8. The van der Waals surface area contributed by atoms with Gasteiger partial charge in [0.25, 0.3) is 0 Å². The molecule has 2 fully saturated rings. The Morgan fingerprint density at radius 1 is 1.12 bits per heavy atom. The van der Waals surface area contributed by atoms with Crippen molar-refractivity contribution in [1.82, 2.24) is 15.1 Å². The summed E-state index contributed by atoms with van der Waals surface area (Å²) >= 11 is 0. The predicted octanol–water partition coefficient (Wildman–Crippen LogP) is 0.421. The molecule has 1 aliphatic heterocycles. The molecule has 2 unspecified atom stereocenters. The van der Waals surface area contributed by atoms with Crippen LogP contribution in [0.1, 0.15) is 12.0 Å². The quantitative estimate of drug-likeness (QED) is 0.759. The van der Waals surface area contributed by atoms with Crippen LogP contribution in [0.5, 0.6) is 0 Å². The lowest BCUT2D eigenvalue weighted by Crippen LogP contribution is -2.48. The number of piperazine rings is 1. The van der Waals surface area contributed by atoms with Crippen LogP contribution in [0.3, 0.4) is 0 Å². The van der Waals surface area contributed by atoms with E-state index in [0.29, 0.717) is 45.6 Å². The molecule has 1 saturated heterocycles. The Kier molecular flexibility index (Phi) is 5.31. The number of carbonyl (C=O) groups is 3. The first-order valence-electron chi connectivity index (χ1n) is 8.59. The molecule has 3 rings (SSSR count). The Hall–Kier alpha value is -2.44. The predicted molar refractivity (Wildman–Crippen MR) is 88.9 cm³/mol. The van der Waals surface area contributed by atoms with Crippen LogP contribution in [-0.2, 0) is 20.8 Å². The third-order valence-electron chi connectivity index (χ3n) is 4.85. The van der Waals surface area contributed by atoms with E-state index in [9.17, 15) is 18.8 Å². The average molecular weight is 347 g/mol. The van der Waals surface area contributed by atoms with Gasteiger partial charge in [0, 0.05) is 32.7 Å². The van der Waals surface area contributed by atoms with Crippen LogP contribution in [0.15, 0.2) is 24.3 Å². The zero-order chi connectivity index (χ0) is 17.8. The molecule has 1 aromatic carbocycles. The molecule has 0 radical (unpaired) electrons. The topological polar surface area (TPSA) is 69.7 Å². The standard InChI is InChI=1S/C18H22FN3O3/c19-14-3-1-13(2-4-14)5-6-20-17(24)15-11-16(15)18(25)22-9-7-21(12-23)8-10-22/h1-4,12,15-16H,5-11H2,(H,20,24). The normalized spacial score (nSPS) is 22.4. The average Bonchev–Trinajstić information content (AvgIpc) is 3.43. The second kappa shape index (κ2) is 7.63. The first kappa shape index (κ1) is 17.4. The Labute approximate surface area is 146 Å². The van der Waals surface area contributed by atoms with Gasteiger partial charge in [0.15, 0.2) is 0 Å². The molecule has 2 aliphatic rings. The molecule has 134 valence electrons. The van der Waals surface area contributed by atoms with E-state index in [4.69, 9.17) is 0 Å². The summed E-state index contributed by atoms with van der Waals surface area (Å²) in [6, 6.07) is 6.20. The smallest absolute Gasteiger partial charge is 0.226 e. The third-order valence-corrected chi connectivity index (χ3v) is 4.85. The molecule has 2 atom stereocenters. The minimum absolute atomic E-state index is 0.0178. The van der Waals surface area contributed by atoms with E-state index in [0.717, 1.165) is 12.0 Å². The SMILES string of the molecule is O=CN1CCN(C(=O)C2CC2C(=O)NCCc2ccc(F)cc2)CC1. The molecule has 6 nitrogen and oxygen atoms in total. The lowest BCUT2D eigenvalue weighted by atomic mass is 10.1. The highest BCUT2D eigenvalue weighted by Gasteiger charge is 2.49. The lowest BCUT2D eigenvalue weighted by Gasteiger charge is -2.32. The number of benzene rings is 1. The van der Waals surface area contributed by atoms with Gasteiger partial charge in [-0.15, -0.1) is 0 Å². The van der Waals surface area contributed by atoms with Gasteiger partial charge in [0.05, 0.1) is 11.8 Å². The van der Waals surface area contributed by atoms with Crippen molar-refractivity contribution in [3.05, 3.63) is 35.6 Å². The van der Waals surface area contributed by atoms with Crippen molar-refractivity contribution in [1.29, 1.82) is 0 Å². The number of nitrogens with zero attached hydrogens (tertiary/aromatic N) is 2. The Morgan fingerprint density at radius 3 is 2.44 bits per heavy atom. The summed E-state index contributed by atoms with van der Waals surface area (Å²) < 4.78 is 12.8. The zero-order valence-electron chi connectivity index (χ0n) is 14.0. The summed E-state index contributed by atoms with van der Waals surface area (Å²) in [7, 11) is 0. The highest BCUT2D eigenvalue weighted by Crippen LogP contribution is 2.40. The van der Waals surface area contributed by atoms with Crippen LogP contribution in [0.4, 0.5) is 4.39 Å². The van der Waals surface area contributed by atoms with Crippen LogP contribution < -0.4 is 5.32 Å². The summed E-state index contributed by atoms with van der Waals surface area (Å²) in [6.45, 7) is 2.65. The van der Waals surface area contributed by atoms with Gasteiger partial charge in [-0.2, -0.15) is 0 Å². The maximum Gasteiger partial charge on any atom is 0.226 e. The summed E-state index contributed by atoms with van der Waals surface area (Å²) in [6.07, 6.45) is 2.02. The van der Waals surface area contributed by atoms with Gasteiger partial charge >= 0.3 is 0 Å². The summed E-state index contributed by atoms with van der Waals surface area (Å²) in [5, 5.41) is 2.85. The van der Waals surface area contributed by atoms with Gasteiger partial charge in [-0.3, -0.25) is 14.4 Å². The first-order valence-corrected chi connectivity index (χ1v) is 8.59. The number of carbonyl (C=O) groups excluding carboxylic acids is 3. The van der Waals surface area contributed by atoms with E-state index < -0.39 is 0 Å². The van der Waals surface area contributed by atoms with Gasteiger partial charge in [-0.25, -0.2) is 4.39 Å². The minimum atomic E-state index is -0.277. The molecule has 1 heterocycles. The van der Waals surface area contributed by atoms with Crippen molar-refractivity contribution in [3.63, 3.8) is 0 Å².